The van der Waals surface area contributed by atoms with Crippen molar-refractivity contribution in [3.8, 4) is 0 Å². The highest BCUT2D eigenvalue weighted by atomic mass is 16.5. The molecule has 0 spiro atoms. The second kappa shape index (κ2) is 13.6. The standard InChI is InChI=1S/C22H36O4/c1-4-6-8-10-15-25-21(23)19-14-12-13-18(3)17-20(19)22(24)26-16-11-9-7-5-2/h13,17,19H,4-12,14-16H2,1-3H3. The summed E-state index contributed by atoms with van der Waals surface area (Å²) in [4.78, 5) is 25.1. The smallest absolute Gasteiger partial charge is 0.334 e. The fourth-order valence-electron chi connectivity index (χ4n) is 3.06. The summed E-state index contributed by atoms with van der Waals surface area (Å²) in [5.74, 6) is -1.18. The van der Waals surface area contributed by atoms with E-state index in [0.29, 0.717) is 25.2 Å². The zero-order valence-electron chi connectivity index (χ0n) is 16.9. The van der Waals surface area contributed by atoms with Crippen LogP contribution in [0.2, 0.25) is 0 Å². The third-order valence-electron chi connectivity index (χ3n) is 4.67. The molecule has 1 unspecified atom stereocenters. The van der Waals surface area contributed by atoms with E-state index in [1.165, 1.54) is 0 Å². The van der Waals surface area contributed by atoms with Gasteiger partial charge in [0.2, 0.25) is 0 Å². The molecule has 1 rings (SSSR count). The number of ether oxygens (including phenoxy) is 2. The summed E-state index contributed by atoms with van der Waals surface area (Å²) in [5, 5.41) is 0. The van der Waals surface area contributed by atoms with Crippen molar-refractivity contribution in [3.63, 3.8) is 0 Å². The van der Waals surface area contributed by atoms with Gasteiger partial charge in [0.25, 0.3) is 0 Å². The van der Waals surface area contributed by atoms with Crippen molar-refractivity contribution in [1.82, 2.24) is 0 Å². The molecule has 1 aliphatic rings. The number of allylic oxidation sites excluding steroid dienone is 3. The average Bonchev–Trinajstić information content (AvgIpc) is 2.82. The van der Waals surface area contributed by atoms with Crippen LogP contribution in [0.4, 0.5) is 0 Å². The summed E-state index contributed by atoms with van der Waals surface area (Å²) in [6, 6.07) is 0. The highest BCUT2D eigenvalue weighted by Gasteiger charge is 2.30. The fraction of sp³-hybridized carbons (Fsp3) is 0.727. The Morgan fingerprint density at radius 1 is 0.962 bits per heavy atom. The Kier molecular flexibility index (Phi) is 11.7. The van der Waals surface area contributed by atoms with E-state index in [0.717, 1.165) is 63.4 Å². The molecule has 1 atom stereocenters. The molecule has 0 fully saturated rings. The van der Waals surface area contributed by atoms with Gasteiger partial charge < -0.3 is 9.47 Å². The van der Waals surface area contributed by atoms with E-state index in [9.17, 15) is 9.59 Å². The number of carbonyl (C=O) groups excluding carboxylic acids is 2. The minimum atomic E-state index is -0.516. The van der Waals surface area contributed by atoms with Crippen molar-refractivity contribution >= 4 is 11.9 Å². The van der Waals surface area contributed by atoms with Crippen LogP contribution in [0, 0.1) is 5.92 Å². The molecule has 4 nitrogen and oxygen atoms in total. The Hall–Kier alpha value is -1.58. The van der Waals surface area contributed by atoms with Crippen LogP contribution >= 0.6 is 0 Å². The van der Waals surface area contributed by atoms with Crippen LogP contribution in [0.5, 0.6) is 0 Å². The van der Waals surface area contributed by atoms with Crippen LogP contribution in [0.25, 0.3) is 0 Å². The Labute approximate surface area is 159 Å². The normalized spacial score (nSPS) is 17.1. The molecule has 148 valence electrons. The zero-order valence-corrected chi connectivity index (χ0v) is 16.9. The Morgan fingerprint density at radius 2 is 1.58 bits per heavy atom. The summed E-state index contributed by atoms with van der Waals surface area (Å²) >= 11 is 0. The van der Waals surface area contributed by atoms with Crippen molar-refractivity contribution in [2.75, 3.05) is 13.2 Å². The molecule has 4 heteroatoms. The molecule has 0 aromatic rings. The van der Waals surface area contributed by atoms with Gasteiger partial charge >= 0.3 is 11.9 Å². The average molecular weight is 365 g/mol. The lowest BCUT2D eigenvalue weighted by atomic mass is 9.95. The predicted octanol–water partition coefficient (Wildman–Crippen LogP) is 5.52. The van der Waals surface area contributed by atoms with Crippen molar-refractivity contribution in [1.29, 1.82) is 0 Å². The number of unbranched alkanes of at least 4 members (excludes halogenated alkanes) is 6. The van der Waals surface area contributed by atoms with Crippen LogP contribution < -0.4 is 0 Å². The summed E-state index contributed by atoms with van der Waals surface area (Å²) in [6.07, 6.45) is 13.7. The number of hydrogen-bond acceptors (Lipinski definition) is 4. The van der Waals surface area contributed by atoms with Gasteiger partial charge in [-0.25, -0.2) is 4.79 Å². The minimum Gasteiger partial charge on any atom is -0.465 e. The van der Waals surface area contributed by atoms with Gasteiger partial charge in [0, 0.05) is 0 Å². The molecule has 0 aliphatic heterocycles. The van der Waals surface area contributed by atoms with Crippen LogP contribution in [-0.2, 0) is 19.1 Å². The number of hydrogen-bond donors (Lipinski definition) is 0. The predicted molar refractivity (Wildman–Crippen MR) is 105 cm³/mol. The van der Waals surface area contributed by atoms with Crippen molar-refractivity contribution < 1.29 is 19.1 Å². The van der Waals surface area contributed by atoms with Gasteiger partial charge in [0.15, 0.2) is 0 Å². The maximum atomic E-state index is 12.5. The molecule has 0 saturated carbocycles. The first-order chi connectivity index (χ1) is 12.6. The summed E-state index contributed by atoms with van der Waals surface area (Å²) in [6.45, 7) is 7.10. The first kappa shape index (κ1) is 22.5. The number of rotatable bonds is 12. The molecule has 0 aromatic heterocycles. The Balaban J connectivity index is 2.59. The lowest BCUT2D eigenvalue weighted by Gasteiger charge is -2.17. The fourth-order valence-corrected chi connectivity index (χ4v) is 3.06. The largest absolute Gasteiger partial charge is 0.465 e. The van der Waals surface area contributed by atoms with Crippen LogP contribution in [-0.4, -0.2) is 25.2 Å². The third kappa shape index (κ3) is 8.68. The van der Waals surface area contributed by atoms with Crippen LogP contribution in [0.1, 0.15) is 85.0 Å². The lowest BCUT2D eigenvalue weighted by molar-refractivity contribution is -0.151. The third-order valence-corrected chi connectivity index (χ3v) is 4.67. The summed E-state index contributed by atoms with van der Waals surface area (Å²) in [7, 11) is 0. The number of carbonyl (C=O) groups is 2. The first-order valence-corrected chi connectivity index (χ1v) is 10.3. The van der Waals surface area contributed by atoms with Gasteiger partial charge in [-0.2, -0.15) is 0 Å². The molecular formula is C22H36O4. The van der Waals surface area contributed by atoms with E-state index in [2.05, 4.69) is 19.9 Å². The topological polar surface area (TPSA) is 52.6 Å². The first-order valence-electron chi connectivity index (χ1n) is 10.3. The van der Waals surface area contributed by atoms with Crippen LogP contribution in [0.15, 0.2) is 23.3 Å². The molecule has 0 amide bonds. The van der Waals surface area contributed by atoms with Gasteiger partial charge in [-0.05, 0) is 38.7 Å². The van der Waals surface area contributed by atoms with Gasteiger partial charge in [0.1, 0.15) is 0 Å². The van der Waals surface area contributed by atoms with Crippen molar-refractivity contribution in [3.05, 3.63) is 23.3 Å². The molecular weight excluding hydrogens is 328 g/mol. The molecule has 0 heterocycles. The second-order valence-electron chi connectivity index (χ2n) is 7.10. The maximum Gasteiger partial charge on any atom is 0.334 e. The number of esters is 2. The molecule has 0 radical (unpaired) electrons. The van der Waals surface area contributed by atoms with E-state index >= 15 is 0 Å². The van der Waals surface area contributed by atoms with Crippen molar-refractivity contribution in [2.24, 2.45) is 5.92 Å². The van der Waals surface area contributed by atoms with E-state index in [-0.39, 0.29) is 11.9 Å². The second-order valence-corrected chi connectivity index (χ2v) is 7.10. The highest BCUT2D eigenvalue weighted by molar-refractivity contribution is 5.96. The molecule has 26 heavy (non-hydrogen) atoms. The van der Waals surface area contributed by atoms with Gasteiger partial charge in [-0.1, -0.05) is 64.0 Å². The zero-order chi connectivity index (χ0) is 19.2. The molecule has 0 saturated heterocycles. The summed E-state index contributed by atoms with van der Waals surface area (Å²) < 4.78 is 10.9. The minimum absolute atomic E-state index is 0.293. The highest BCUT2D eigenvalue weighted by Crippen LogP contribution is 2.26. The van der Waals surface area contributed by atoms with Crippen molar-refractivity contribution in [2.45, 2.75) is 85.0 Å². The lowest BCUT2D eigenvalue weighted by Crippen LogP contribution is -2.25. The van der Waals surface area contributed by atoms with Gasteiger partial charge in [0.05, 0.1) is 24.7 Å². The monoisotopic (exact) mass is 364 g/mol. The molecule has 0 N–H and O–H groups in total. The SMILES string of the molecule is CCCCCCOC(=O)C1=CC(C)=CCCC1C(=O)OCCCCCC. The quantitative estimate of drug-likeness (QED) is 0.338. The van der Waals surface area contributed by atoms with E-state index < -0.39 is 5.92 Å². The molecule has 0 bridgehead atoms. The summed E-state index contributed by atoms with van der Waals surface area (Å²) in [5.41, 5.74) is 1.45. The van der Waals surface area contributed by atoms with Crippen LogP contribution in [0.3, 0.4) is 0 Å². The van der Waals surface area contributed by atoms with E-state index in [1.807, 2.05) is 6.92 Å². The van der Waals surface area contributed by atoms with E-state index in [1.54, 1.807) is 6.08 Å². The Bertz CT molecular complexity index is 490. The van der Waals surface area contributed by atoms with Gasteiger partial charge in [-0.3, -0.25) is 4.79 Å². The maximum absolute atomic E-state index is 12.5. The van der Waals surface area contributed by atoms with E-state index in [4.69, 9.17) is 9.47 Å². The molecule has 1 aliphatic carbocycles. The molecule has 0 aromatic carbocycles. The van der Waals surface area contributed by atoms with Gasteiger partial charge in [-0.15, -0.1) is 0 Å². The Morgan fingerprint density at radius 3 is 2.19 bits per heavy atom.